The van der Waals surface area contributed by atoms with Crippen molar-refractivity contribution in [3.63, 3.8) is 0 Å². The molecule has 0 spiro atoms. The highest BCUT2D eigenvalue weighted by Crippen LogP contribution is 2.22. The van der Waals surface area contributed by atoms with Gasteiger partial charge >= 0.3 is 0 Å². The van der Waals surface area contributed by atoms with Crippen LogP contribution in [-0.2, 0) is 14.3 Å². The SMILES string of the molecule is N=C(c1ccc(C(=O)Nc2ccc(F)cc2C(=O)Nc2ccc(CI)cn2)c(F)c1)N1CCS(=O)(=O)CC1. The van der Waals surface area contributed by atoms with Crippen molar-refractivity contribution in [1.82, 2.24) is 9.88 Å². The molecule has 13 heteroatoms. The molecule has 1 aliphatic heterocycles. The van der Waals surface area contributed by atoms with Gasteiger partial charge in [-0.1, -0.05) is 34.7 Å². The number of benzene rings is 2. The van der Waals surface area contributed by atoms with Gasteiger partial charge in [0, 0.05) is 29.3 Å². The summed E-state index contributed by atoms with van der Waals surface area (Å²) < 4.78 is 52.9. The van der Waals surface area contributed by atoms with Crippen molar-refractivity contribution in [3.05, 3.63) is 88.6 Å². The summed E-state index contributed by atoms with van der Waals surface area (Å²) >= 11 is 2.17. The number of rotatable bonds is 6. The number of nitrogens with zero attached hydrogens (tertiary/aromatic N) is 2. The lowest BCUT2D eigenvalue weighted by molar-refractivity contribution is 0.102. The molecule has 2 amide bonds. The molecular weight excluding hydrogens is 631 g/mol. The van der Waals surface area contributed by atoms with Crippen LogP contribution in [0.3, 0.4) is 0 Å². The van der Waals surface area contributed by atoms with Gasteiger partial charge in [0.15, 0.2) is 9.84 Å². The molecule has 198 valence electrons. The Morgan fingerprint density at radius 3 is 2.32 bits per heavy atom. The van der Waals surface area contributed by atoms with Gasteiger partial charge in [0.25, 0.3) is 11.8 Å². The molecule has 0 bridgehead atoms. The van der Waals surface area contributed by atoms with E-state index in [4.69, 9.17) is 5.41 Å². The molecule has 4 rings (SSSR count). The van der Waals surface area contributed by atoms with Crippen molar-refractivity contribution in [3.8, 4) is 0 Å². The van der Waals surface area contributed by atoms with Gasteiger partial charge in [0.05, 0.1) is 28.3 Å². The van der Waals surface area contributed by atoms with Gasteiger partial charge in [0.2, 0.25) is 0 Å². The van der Waals surface area contributed by atoms with E-state index in [-0.39, 0.29) is 58.6 Å². The van der Waals surface area contributed by atoms with E-state index in [0.29, 0.717) is 0 Å². The number of pyridine rings is 1. The Hall–Kier alpha value is -3.46. The van der Waals surface area contributed by atoms with Crippen LogP contribution < -0.4 is 10.6 Å². The molecule has 3 N–H and O–H groups in total. The molecule has 38 heavy (non-hydrogen) atoms. The normalized spacial score (nSPS) is 14.6. The smallest absolute Gasteiger partial charge is 0.259 e. The van der Waals surface area contributed by atoms with Gasteiger partial charge in [-0.05, 0) is 42.0 Å². The summed E-state index contributed by atoms with van der Waals surface area (Å²) in [5.74, 6) is -3.22. The Kier molecular flexibility index (Phi) is 8.35. The third-order valence-corrected chi connectivity index (χ3v) is 8.33. The van der Waals surface area contributed by atoms with Crippen LogP contribution in [0.25, 0.3) is 0 Å². The minimum atomic E-state index is -3.14. The molecule has 1 aromatic heterocycles. The van der Waals surface area contributed by atoms with Crippen LogP contribution in [-0.4, -0.2) is 60.5 Å². The van der Waals surface area contributed by atoms with Crippen LogP contribution in [0.1, 0.15) is 31.8 Å². The standard InChI is InChI=1S/C25H22F2IN5O4S/c26-17-3-5-21(19(12-17)25(35)32-22-6-1-15(13-28)14-30-22)31-24(34)18-4-2-16(11-20(18)27)23(29)33-7-9-38(36,37)10-8-33/h1-6,11-12,14,29H,7-10,13H2,(H,31,34)(H,30,32,35). The first-order valence-electron chi connectivity index (χ1n) is 11.3. The zero-order valence-electron chi connectivity index (χ0n) is 19.8. The zero-order valence-corrected chi connectivity index (χ0v) is 22.8. The lowest BCUT2D eigenvalue weighted by atomic mass is 10.1. The number of hydrogen-bond donors (Lipinski definition) is 3. The van der Waals surface area contributed by atoms with Gasteiger partial charge in [-0.25, -0.2) is 22.2 Å². The van der Waals surface area contributed by atoms with Gasteiger partial charge in [0.1, 0.15) is 23.3 Å². The van der Waals surface area contributed by atoms with Gasteiger partial charge < -0.3 is 15.5 Å². The number of hydrogen-bond acceptors (Lipinski definition) is 6. The molecule has 2 aromatic carbocycles. The molecule has 0 radical (unpaired) electrons. The Morgan fingerprint density at radius 1 is 0.974 bits per heavy atom. The van der Waals surface area contributed by atoms with E-state index in [0.717, 1.165) is 28.2 Å². The van der Waals surface area contributed by atoms with E-state index in [1.54, 1.807) is 18.3 Å². The maximum Gasteiger partial charge on any atom is 0.259 e. The number of amides is 2. The minimum absolute atomic E-state index is 0.0384. The topological polar surface area (TPSA) is 132 Å². The third kappa shape index (κ3) is 6.51. The Bertz CT molecular complexity index is 1500. The Balaban J connectivity index is 1.50. The first kappa shape index (κ1) is 27.6. The van der Waals surface area contributed by atoms with Crippen LogP contribution in [0.2, 0.25) is 0 Å². The second-order valence-electron chi connectivity index (χ2n) is 8.47. The van der Waals surface area contributed by atoms with Crippen LogP contribution >= 0.6 is 22.6 Å². The van der Waals surface area contributed by atoms with Crippen molar-refractivity contribution < 1.29 is 26.8 Å². The lowest BCUT2D eigenvalue weighted by Crippen LogP contribution is -2.43. The fourth-order valence-corrected chi connectivity index (χ4v) is 5.38. The summed E-state index contributed by atoms with van der Waals surface area (Å²) in [7, 11) is -3.14. The first-order chi connectivity index (χ1) is 18.1. The van der Waals surface area contributed by atoms with Gasteiger partial charge in [-0.15, -0.1) is 0 Å². The van der Waals surface area contributed by atoms with E-state index in [1.807, 2.05) is 0 Å². The van der Waals surface area contributed by atoms with Crippen molar-refractivity contribution in [2.45, 2.75) is 4.43 Å². The van der Waals surface area contributed by atoms with E-state index >= 15 is 0 Å². The second kappa shape index (κ2) is 11.5. The molecule has 1 saturated heterocycles. The highest BCUT2D eigenvalue weighted by Gasteiger charge is 2.25. The highest BCUT2D eigenvalue weighted by molar-refractivity contribution is 14.1. The van der Waals surface area contributed by atoms with Gasteiger partial charge in [-0.2, -0.15) is 0 Å². The largest absolute Gasteiger partial charge is 0.355 e. The minimum Gasteiger partial charge on any atom is -0.355 e. The Labute approximate surface area is 231 Å². The summed E-state index contributed by atoms with van der Waals surface area (Å²) in [6.45, 7) is 0.247. The number of halogens is 3. The van der Waals surface area contributed by atoms with Crippen molar-refractivity contribution >= 4 is 61.6 Å². The molecule has 0 saturated carbocycles. The van der Waals surface area contributed by atoms with E-state index in [9.17, 15) is 26.8 Å². The van der Waals surface area contributed by atoms with Gasteiger partial charge in [-0.3, -0.25) is 15.0 Å². The molecule has 3 aromatic rings. The molecule has 1 fully saturated rings. The first-order valence-corrected chi connectivity index (χ1v) is 14.7. The fourth-order valence-electron chi connectivity index (χ4n) is 3.73. The molecule has 2 heterocycles. The predicted octanol–water partition coefficient (Wildman–Crippen LogP) is 3.86. The number of amidine groups is 1. The summed E-state index contributed by atoms with van der Waals surface area (Å²) in [6, 6.07) is 10.2. The van der Waals surface area contributed by atoms with E-state index in [2.05, 4.69) is 38.2 Å². The molecule has 0 aliphatic carbocycles. The summed E-state index contributed by atoms with van der Waals surface area (Å²) in [5, 5.41) is 13.3. The number of sulfone groups is 1. The summed E-state index contributed by atoms with van der Waals surface area (Å²) in [6.07, 6.45) is 1.59. The van der Waals surface area contributed by atoms with Crippen molar-refractivity contribution in [2.75, 3.05) is 35.2 Å². The van der Waals surface area contributed by atoms with Crippen LogP contribution in [0.4, 0.5) is 20.3 Å². The summed E-state index contributed by atoms with van der Waals surface area (Å²) in [5.41, 5.74) is 0.561. The Morgan fingerprint density at radius 2 is 1.68 bits per heavy atom. The number of anilines is 2. The number of alkyl halides is 1. The molecule has 1 aliphatic rings. The monoisotopic (exact) mass is 653 g/mol. The third-order valence-electron chi connectivity index (χ3n) is 5.84. The van der Waals surface area contributed by atoms with Crippen LogP contribution in [0.15, 0.2) is 54.7 Å². The molecule has 0 unspecified atom stereocenters. The number of carbonyl (C=O) groups excluding carboxylic acids is 2. The molecule has 0 atom stereocenters. The average Bonchev–Trinajstić information content (AvgIpc) is 2.89. The van der Waals surface area contributed by atoms with Crippen molar-refractivity contribution in [1.29, 1.82) is 5.41 Å². The zero-order chi connectivity index (χ0) is 27.4. The maximum absolute atomic E-state index is 14.9. The number of nitrogens with one attached hydrogen (secondary N) is 3. The van der Waals surface area contributed by atoms with Crippen molar-refractivity contribution in [2.24, 2.45) is 0 Å². The van der Waals surface area contributed by atoms with E-state index < -0.39 is 33.3 Å². The second-order valence-corrected chi connectivity index (χ2v) is 11.5. The van der Waals surface area contributed by atoms with Crippen LogP contribution in [0.5, 0.6) is 0 Å². The number of aromatic nitrogens is 1. The fraction of sp³-hybridized carbons (Fsp3) is 0.200. The molecule has 9 nitrogen and oxygen atoms in total. The molecular formula is C25H22F2IN5O4S. The maximum atomic E-state index is 14.9. The quantitative estimate of drug-likeness (QED) is 0.160. The number of carbonyl (C=O) groups is 2. The lowest BCUT2D eigenvalue weighted by Gasteiger charge is -2.29. The predicted molar refractivity (Wildman–Crippen MR) is 148 cm³/mol. The van der Waals surface area contributed by atoms with E-state index in [1.165, 1.54) is 23.1 Å². The average molecular weight is 653 g/mol. The summed E-state index contributed by atoms with van der Waals surface area (Å²) in [4.78, 5) is 31.3. The highest BCUT2D eigenvalue weighted by atomic mass is 127. The van der Waals surface area contributed by atoms with Crippen LogP contribution in [0, 0.1) is 17.0 Å².